The Kier molecular flexibility index (Phi) is 3.78. The van der Waals surface area contributed by atoms with Crippen LogP contribution in [0.4, 0.5) is 0 Å². The van der Waals surface area contributed by atoms with Gasteiger partial charge in [0.1, 0.15) is 0 Å². The fraction of sp³-hybridized carbons (Fsp3) is 0.571. The number of sulfone groups is 1. The minimum atomic E-state index is -3.25. The van der Waals surface area contributed by atoms with E-state index in [4.69, 9.17) is 0 Å². The lowest BCUT2D eigenvalue weighted by molar-refractivity contribution is 0.131. The molecule has 0 aliphatic heterocycles. The highest BCUT2D eigenvalue weighted by molar-refractivity contribution is 7.92. The molecule has 1 N–H and O–H groups in total. The van der Waals surface area contributed by atoms with Crippen LogP contribution in [-0.2, 0) is 9.84 Å². The quantitative estimate of drug-likeness (QED) is 0.896. The van der Waals surface area contributed by atoms with Crippen LogP contribution >= 0.6 is 0 Å². The van der Waals surface area contributed by atoms with Crippen molar-refractivity contribution < 1.29 is 13.5 Å². The number of hydrogen-bond acceptors (Lipinski definition) is 3. The molecule has 3 nitrogen and oxygen atoms in total. The van der Waals surface area contributed by atoms with Crippen LogP contribution in [0.25, 0.3) is 0 Å². The summed E-state index contributed by atoms with van der Waals surface area (Å²) in [5.41, 5.74) is 1.78. The lowest BCUT2D eigenvalue weighted by Crippen LogP contribution is -2.29. The Bertz CT molecular complexity index is 526. The number of aliphatic hydroxyl groups excluding tert-OH is 1. The minimum absolute atomic E-state index is 0.324. The largest absolute Gasteiger partial charge is 0.393 e. The molecule has 0 amide bonds. The number of hydrogen-bond donors (Lipinski definition) is 1. The van der Waals surface area contributed by atoms with Crippen molar-refractivity contribution in [2.24, 2.45) is 0 Å². The molecule has 1 aromatic carbocycles. The number of rotatable bonds is 2. The standard InChI is InChI=1S/C14H20O3S/c1-10-3-4-11(2)14(9-10)18(16,17)13-7-5-12(15)6-8-13/h3-4,9,12-13,15H,5-8H2,1-2H3. The molecular formula is C14H20O3S. The summed E-state index contributed by atoms with van der Waals surface area (Å²) < 4.78 is 25.2. The highest BCUT2D eigenvalue weighted by atomic mass is 32.2. The van der Waals surface area contributed by atoms with Gasteiger partial charge in [0.25, 0.3) is 0 Å². The monoisotopic (exact) mass is 268 g/mol. The summed E-state index contributed by atoms with van der Waals surface area (Å²) >= 11 is 0. The van der Waals surface area contributed by atoms with Gasteiger partial charge in [-0.05, 0) is 56.7 Å². The first-order valence-electron chi connectivity index (χ1n) is 6.40. The van der Waals surface area contributed by atoms with Crippen molar-refractivity contribution in [3.05, 3.63) is 29.3 Å². The normalized spacial score (nSPS) is 25.1. The van der Waals surface area contributed by atoms with E-state index >= 15 is 0 Å². The van der Waals surface area contributed by atoms with Gasteiger partial charge in [0.2, 0.25) is 0 Å². The third kappa shape index (κ3) is 2.59. The molecule has 18 heavy (non-hydrogen) atoms. The van der Waals surface area contributed by atoms with Gasteiger partial charge in [-0.2, -0.15) is 0 Å². The number of aliphatic hydroxyl groups is 1. The van der Waals surface area contributed by atoms with Gasteiger partial charge in [-0.25, -0.2) is 8.42 Å². The molecule has 2 rings (SSSR count). The van der Waals surface area contributed by atoms with E-state index < -0.39 is 9.84 Å². The van der Waals surface area contributed by atoms with Crippen LogP contribution in [0.5, 0.6) is 0 Å². The molecule has 100 valence electrons. The van der Waals surface area contributed by atoms with Crippen LogP contribution in [0.3, 0.4) is 0 Å². The summed E-state index contributed by atoms with van der Waals surface area (Å²) in [7, 11) is -3.25. The second-order valence-electron chi connectivity index (χ2n) is 5.24. The SMILES string of the molecule is Cc1ccc(C)c(S(=O)(=O)C2CCC(O)CC2)c1. The van der Waals surface area contributed by atoms with Crippen molar-refractivity contribution in [1.29, 1.82) is 0 Å². The van der Waals surface area contributed by atoms with Gasteiger partial charge in [-0.15, -0.1) is 0 Å². The fourth-order valence-corrected chi connectivity index (χ4v) is 4.67. The zero-order valence-electron chi connectivity index (χ0n) is 10.9. The van der Waals surface area contributed by atoms with Crippen molar-refractivity contribution in [2.75, 3.05) is 0 Å². The molecule has 0 aromatic heterocycles. The van der Waals surface area contributed by atoms with Crippen LogP contribution in [-0.4, -0.2) is 24.9 Å². The van der Waals surface area contributed by atoms with E-state index in [0.717, 1.165) is 11.1 Å². The number of benzene rings is 1. The predicted octanol–water partition coefficient (Wildman–Crippen LogP) is 2.38. The van der Waals surface area contributed by atoms with E-state index in [1.807, 2.05) is 26.0 Å². The van der Waals surface area contributed by atoms with Gasteiger partial charge in [0.15, 0.2) is 9.84 Å². The second-order valence-corrected chi connectivity index (χ2v) is 7.44. The highest BCUT2D eigenvalue weighted by Crippen LogP contribution is 2.30. The van der Waals surface area contributed by atoms with Crippen LogP contribution < -0.4 is 0 Å². The Hall–Kier alpha value is -0.870. The third-order valence-electron chi connectivity index (χ3n) is 3.73. The van der Waals surface area contributed by atoms with Gasteiger partial charge in [0, 0.05) is 0 Å². The maximum absolute atomic E-state index is 12.6. The van der Waals surface area contributed by atoms with Gasteiger partial charge in [-0.1, -0.05) is 12.1 Å². The smallest absolute Gasteiger partial charge is 0.181 e. The Morgan fingerprint density at radius 3 is 2.33 bits per heavy atom. The summed E-state index contributed by atoms with van der Waals surface area (Å²) in [6.45, 7) is 3.74. The van der Waals surface area contributed by atoms with Crippen LogP contribution in [0.15, 0.2) is 23.1 Å². The van der Waals surface area contributed by atoms with E-state index in [0.29, 0.717) is 30.6 Å². The second kappa shape index (κ2) is 5.02. The van der Waals surface area contributed by atoms with Gasteiger partial charge < -0.3 is 5.11 Å². The number of aryl methyl sites for hydroxylation is 2. The predicted molar refractivity (Wildman–Crippen MR) is 71.4 cm³/mol. The summed E-state index contributed by atoms with van der Waals surface area (Å²) in [6, 6.07) is 5.55. The molecular weight excluding hydrogens is 248 g/mol. The molecule has 1 aromatic rings. The van der Waals surface area contributed by atoms with Gasteiger partial charge >= 0.3 is 0 Å². The van der Waals surface area contributed by atoms with E-state index in [2.05, 4.69) is 0 Å². The molecule has 0 bridgehead atoms. The first kappa shape index (κ1) is 13.6. The zero-order chi connectivity index (χ0) is 13.3. The van der Waals surface area contributed by atoms with E-state index in [9.17, 15) is 13.5 Å². The molecule has 1 saturated carbocycles. The van der Waals surface area contributed by atoms with Crippen LogP contribution in [0.2, 0.25) is 0 Å². The summed E-state index contributed by atoms with van der Waals surface area (Å²) in [6.07, 6.45) is 1.99. The van der Waals surface area contributed by atoms with Crippen molar-refractivity contribution in [1.82, 2.24) is 0 Å². The van der Waals surface area contributed by atoms with E-state index in [-0.39, 0.29) is 11.4 Å². The fourth-order valence-electron chi connectivity index (χ4n) is 2.55. The summed E-state index contributed by atoms with van der Waals surface area (Å²) in [5, 5.41) is 9.14. The van der Waals surface area contributed by atoms with Crippen molar-refractivity contribution in [3.8, 4) is 0 Å². The van der Waals surface area contributed by atoms with Crippen LogP contribution in [0.1, 0.15) is 36.8 Å². The molecule has 0 heterocycles. The Morgan fingerprint density at radius 1 is 1.11 bits per heavy atom. The van der Waals surface area contributed by atoms with E-state index in [1.165, 1.54) is 0 Å². The van der Waals surface area contributed by atoms with Crippen molar-refractivity contribution in [3.63, 3.8) is 0 Å². The van der Waals surface area contributed by atoms with Gasteiger partial charge in [-0.3, -0.25) is 0 Å². The van der Waals surface area contributed by atoms with E-state index in [1.54, 1.807) is 6.07 Å². The molecule has 0 spiro atoms. The molecule has 0 radical (unpaired) electrons. The van der Waals surface area contributed by atoms with Crippen LogP contribution in [0, 0.1) is 13.8 Å². The average Bonchev–Trinajstić information content (AvgIpc) is 2.32. The molecule has 1 fully saturated rings. The zero-order valence-corrected chi connectivity index (χ0v) is 11.7. The first-order chi connectivity index (χ1) is 8.41. The molecule has 4 heteroatoms. The summed E-state index contributed by atoms with van der Waals surface area (Å²) in [5.74, 6) is 0. The lowest BCUT2D eigenvalue weighted by atomic mass is 9.97. The first-order valence-corrected chi connectivity index (χ1v) is 7.95. The Morgan fingerprint density at radius 2 is 1.72 bits per heavy atom. The maximum atomic E-state index is 12.6. The lowest BCUT2D eigenvalue weighted by Gasteiger charge is -2.26. The Balaban J connectivity index is 2.33. The van der Waals surface area contributed by atoms with Crippen molar-refractivity contribution in [2.45, 2.75) is 55.8 Å². The maximum Gasteiger partial charge on any atom is 0.181 e. The van der Waals surface area contributed by atoms with Gasteiger partial charge in [0.05, 0.1) is 16.2 Å². The highest BCUT2D eigenvalue weighted by Gasteiger charge is 2.32. The topological polar surface area (TPSA) is 54.4 Å². The molecule has 0 unspecified atom stereocenters. The summed E-state index contributed by atoms with van der Waals surface area (Å²) in [4.78, 5) is 0.462. The molecule has 0 saturated heterocycles. The van der Waals surface area contributed by atoms with Crippen molar-refractivity contribution >= 4 is 9.84 Å². The Labute approximate surface area is 109 Å². The molecule has 1 aliphatic rings. The third-order valence-corrected chi connectivity index (χ3v) is 6.13. The molecule has 1 aliphatic carbocycles. The minimum Gasteiger partial charge on any atom is -0.393 e. The molecule has 0 atom stereocenters. The average molecular weight is 268 g/mol.